The van der Waals surface area contributed by atoms with E-state index in [1.165, 1.54) is 49.7 Å². The van der Waals surface area contributed by atoms with Gasteiger partial charge in [-0.15, -0.1) is 0 Å². The molecule has 0 aliphatic carbocycles. The van der Waals surface area contributed by atoms with Crippen LogP contribution in [-0.2, 0) is 19.9 Å². The van der Waals surface area contributed by atoms with E-state index < -0.39 is 0 Å². The first-order valence-electron chi connectivity index (χ1n) is 11.5. The van der Waals surface area contributed by atoms with E-state index in [9.17, 15) is 0 Å². The largest absolute Gasteiger partial charge is 0.297 e. The van der Waals surface area contributed by atoms with Crippen LogP contribution in [0.2, 0.25) is 0 Å². The summed E-state index contributed by atoms with van der Waals surface area (Å²) >= 11 is 0. The number of rotatable bonds is 4. The number of aryl methyl sites for hydroxylation is 2. The molecule has 3 heteroatoms. The lowest BCUT2D eigenvalue weighted by Crippen LogP contribution is -2.27. The van der Waals surface area contributed by atoms with Crippen molar-refractivity contribution >= 4 is 38.5 Å². The summed E-state index contributed by atoms with van der Waals surface area (Å²) in [7, 11) is 2.18. The van der Waals surface area contributed by atoms with E-state index in [1.54, 1.807) is 0 Å². The van der Waals surface area contributed by atoms with Crippen LogP contribution in [0.15, 0.2) is 48.7 Å². The lowest BCUT2D eigenvalue weighted by molar-refractivity contribution is -0.617. The number of imidazole rings is 1. The van der Waals surface area contributed by atoms with Gasteiger partial charge in [-0.05, 0) is 72.6 Å². The van der Waals surface area contributed by atoms with Gasteiger partial charge in [-0.1, -0.05) is 45.9 Å². The van der Waals surface area contributed by atoms with Crippen LogP contribution in [-0.4, -0.2) is 9.38 Å². The van der Waals surface area contributed by atoms with Crippen LogP contribution in [0.5, 0.6) is 0 Å². The molecule has 3 aromatic heterocycles. The Kier molecular flexibility index (Phi) is 4.73. The van der Waals surface area contributed by atoms with E-state index in [0.29, 0.717) is 11.8 Å². The zero-order valence-electron chi connectivity index (χ0n) is 19.5. The van der Waals surface area contributed by atoms with E-state index in [2.05, 4.69) is 93.1 Å². The van der Waals surface area contributed by atoms with Crippen molar-refractivity contribution in [2.24, 2.45) is 18.9 Å². The molecule has 0 aliphatic rings. The Hall–Kier alpha value is -2.94. The summed E-state index contributed by atoms with van der Waals surface area (Å²) in [6.07, 6.45) is 4.12. The van der Waals surface area contributed by atoms with Crippen molar-refractivity contribution in [2.75, 3.05) is 0 Å². The topological polar surface area (TPSA) is 21.2 Å². The summed E-state index contributed by atoms with van der Waals surface area (Å²) in [6.45, 7) is 11.4. The summed E-state index contributed by atoms with van der Waals surface area (Å²) in [4.78, 5) is 4.96. The molecule has 0 unspecified atom stereocenters. The average Bonchev–Trinajstić information content (AvgIpc) is 3.00. The minimum Gasteiger partial charge on any atom is -0.255 e. The second-order valence-electron chi connectivity index (χ2n) is 9.90. The lowest BCUT2D eigenvalue weighted by atomic mass is 9.92. The Morgan fingerprint density at radius 1 is 0.903 bits per heavy atom. The fraction of sp³-hybridized carbons (Fsp3) is 0.357. The molecule has 0 radical (unpaired) electrons. The molecular formula is C28H32N3+. The molecule has 0 amide bonds. The molecule has 3 heterocycles. The third kappa shape index (κ3) is 3.10. The molecular weight excluding hydrogens is 378 g/mol. The smallest absolute Gasteiger partial charge is 0.255 e. The van der Waals surface area contributed by atoms with Crippen LogP contribution >= 0.6 is 0 Å². The summed E-state index contributed by atoms with van der Waals surface area (Å²) < 4.78 is 4.82. The predicted octanol–water partition coefficient (Wildman–Crippen LogP) is 6.32. The zero-order chi connectivity index (χ0) is 21.9. The Balaban J connectivity index is 2.10. The molecule has 0 spiro atoms. The van der Waals surface area contributed by atoms with Gasteiger partial charge in [0.05, 0.1) is 23.3 Å². The van der Waals surface area contributed by atoms with Crippen LogP contribution in [0, 0.1) is 18.8 Å². The van der Waals surface area contributed by atoms with Crippen molar-refractivity contribution in [3.05, 3.63) is 65.4 Å². The normalized spacial score (nSPS) is 12.4. The highest BCUT2D eigenvalue weighted by molar-refractivity contribution is 6.13. The molecule has 0 bridgehead atoms. The number of pyridine rings is 2. The van der Waals surface area contributed by atoms with Crippen molar-refractivity contribution in [1.82, 2.24) is 9.38 Å². The quantitative estimate of drug-likeness (QED) is 0.251. The van der Waals surface area contributed by atoms with E-state index in [-0.39, 0.29) is 0 Å². The average molecular weight is 411 g/mol. The molecule has 5 rings (SSSR count). The molecule has 0 saturated carbocycles. The first kappa shape index (κ1) is 20.0. The van der Waals surface area contributed by atoms with Gasteiger partial charge in [0.25, 0.3) is 5.65 Å². The van der Waals surface area contributed by atoms with Crippen molar-refractivity contribution in [3.63, 3.8) is 0 Å². The summed E-state index contributed by atoms with van der Waals surface area (Å²) in [5.74, 6) is 1.21. The van der Waals surface area contributed by atoms with Crippen molar-refractivity contribution < 1.29 is 4.57 Å². The van der Waals surface area contributed by atoms with Crippen LogP contribution in [0.1, 0.15) is 44.4 Å². The lowest BCUT2D eigenvalue weighted by Gasteiger charge is -2.15. The fourth-order valence-electron chi connectivity index (χ4n) is 5.26. The number of hydrogen-bond donors (Lipinski definition) is 0. The van der Waals surface area contributed by atoms with E-state index in [0.717, 1.165) is 18.4 Å². The number of fused-ring (bicyclic) bond motifs is 8. The maximum atomic E-state index is 4.96. The minimum absolute atomic E-state index is 0.588. The molecule has 0 N–H and O–H groups in total. The molecule has 0 saturated heterocycles. The minimum atomic E-state index is 0.588. The first-order valence-corrected chi connectivity index (χ1v) is 11.5. The van der Waals surface area contributed by atoms with Crippen molar-refractivity contribution in [2.45, 2.75) is 47.5 Å². The van der Waals surface area contributed by atoms with Crippen LogP contribution in [0.3, 0.4) is 0 Å². The highest BCUT2D eigenvalue weighted by Crippen LogP contribution is 2.35. The van der Waals surface area contributed by atoms with Crippen LogP contribution < -0.4 is 4.57 Å². The molecule has 5 aromatic rings. The van der Waals surface area contributed by atoms with Gasteiger partial charge in [0.15, 0.2) is 11.0 Å². The second kappa shape index (κ2) is 7.33. The summed E-state index contributed by atoms with van der Waals surface area (Å²) in [5, 5.41) is 2.57. The SMILES string of the molecule is Cc1ccnc2c3c(CC(C)C)cc(CC(C)C)cc3n3c4ccccc4[n+](C)c3c12. The summed E-state index contributed by atoms with van der Waals surface area (Å²) in [5.41, 5.74) is 10.3. The third-order valence-electron chi connectivity index (χ3n) is 6.41. The van der Waals surface area contributed by atoms with Gasteiger partial charge in [0, 0.05) is 6.20 Å². The molecule has 0 fully saturated rings. The van der Waals surface area contributed by atoms with Gasteiger partial charge >= 0.3 is 0 Å². The Morgan fingerprint density at radius 3 is 2.39 bits per heavy atom. The summed E-state index contributed by atoms with van der Waals surface area (Å²) in [6, 6.07) is 15.8. The number of aromatic nitrogens is 3. The van der Waals surface area contributed by atoms with E-state index in [4.69, 9.17) is 4.98 Å². The first-order chi connectivity index (χ1) is 14.9. The molecule has 2 aromatic carbocycles. The predicted molar refractivity (Wildman–Crippen MR) is 131 cm³/mol. The van der Waals surface area contributed by atoms with Gasteiger partial charge < -0.3 is 0 Å². The molecule has 0 aliphatic heterocycles. The number of nitrogens with zero attached hydrogens (tertiary/aromatic N) is 3. The maximum absolute atomic E-state index is 4.96. The van der Waals surface area contributed by atoms with Crippen molar-refractivity contribution in [3.8, 4) is 0 Å². The van der Waals surface area contributed by atoms with Gasteiger partial charge in [-0.25, -0.2) is 4.57 Å². The second-order valence-corrected chi connectivity index (χ2v) is 9.90. The van der Waals surface area contributed by atoms with Crippen molar-refractivity contribution in [1.29, 1.82) is 0 Å². The Morgan fingerprint density at radius 2 is 1.65 bits per heavy atom. The zero-order valence-corrected chi connectivity index (χ0v) is 19.5. The number of para-hydroxylation sites is 2. The Labute approximate surface area is 184 Å². The molecule has 31 heavy (non-hydrogen) atoms. The molecule has 0 atom stereocenters. The van der Waals surface area contributed by atoms with Gasteiger partial charge in [0.2, 0.25) is 0 Å². The standard InChI is InChI=1S/C28H32N3/c1-17(2)13-20-15-21(14-18(3)4)26-24(16-20)31-23-10-8-7-9-22(23)30(6)28(31)25-19(5)11-12-29-27(25)26/h7-12,15-18H,13-14H2,1-6H3/q+1. The van der Waals surface area contributed by atoms with E-state index in [1.807, 2.05) is 6.20 Å². The van der Waals surface area contributed by atoms with Gasteiger partial charge in [-0.2, -0.15) is 4.40 Å². The third-order valence-corrected chi connectivity index (χ3v) is 6.41. The number of benzene rings is 2. The van der Waals surface area contributed by atoms with Crippen LogP contribution in [0.25, 0.3) is 38.5 Å². The Bertz CT molecular complexity index is 1450. The maximum Gasteiger partial charge on any atom is 0.297 e. The van der Waals surface area contributed by atoms with Crippen LogP contribution in [0.4, 0.5) is 0 Å². The number of hydrogen-bond acceptors (Lipinski definition) is 1. The molecule has 158 valence electrons. The highest BCUT2D eigenvalue weighted by atomic mass is 15.1. The van der Waals surface area contributed by atoms with Gasteiger partial charge in [0.1, 0.15) is 5.52 Å². The monoisotopic (exact) mass is 410 g/mol. The van der Waals surface area contributed by atoms with E-state index >= 15 is 0 Å². The highest BCUT2D eigenvalue weighted by Gasteiger charge is 2.26. The molecule has 3 nitrogen and oxygen atoms in total. The fourth-order valence-corrected chi connectivity index (χ4v) is 5.26. The van der Waals surface area contributed by atoms with Gasteiger partial charge in [-0.3, -0.25) is 4.98 Å².